The van der Waals surface area contributed by atoms with Crippen LogP contribution in [0.5, 0.6) is 0 Å². The number of fused-ring (bicyclic) bond motifs is 1. The number of hydrogen-bond donors (Lipinski definition) is 1. The molecule has 128 valence electrons. The smallest absolute Gasteiger partial charge is 0.307 e. The SMILES string of the molecule is O=C(O)[C@H]1CCCN(C2CCN(c3nc4ccccc4o3)CC2)C1. The van der Waals surface area contributed by atoms with Crippen molar-refractivity contribution in [1.29, 1.82) is 0 Å². The second kappa shape index (κ2) is 6.43. The van der Waals surface area contributed by atoms with Gasteiger partial charge in [0, 0.05) is 25.7 Å². The molecule has 0 amide bonds. The Bertz CT molecular complexity index is 688. The Morgan fingerprint density at radius 3 is 2.71 bits per heavy atom. The molecule has 6 nitrogen and oxygen atoms in total. The van der Waals surface area contributed by atoms with E-state index in [4.69, 9.17) is 4.42 Å². The van der Waals surface area contributed by atoms with Gasteiger partial charge in [-0.2, -0.15) is 4.98 Å². The van der Waals surface area contributed by atoms with Crippen LogP contribution in [-0.2, 0) is 4.79 Å². The van der Waals surface area contributed by atoms with Gasteiger partial charge in [-0.25, -0.2) is 0 Å². The number of oxazole rings is 1. The Balaban J connectivity index is 1.38. The van der Waals surface area contributed by atoms with Gasteiger partial charge >= 0.3 is 5.97 Å². The minimum absolute atomic E-state index is 0.200. The summed E-state index contributed by atoms with van der Waals surface area (Å²) in [5, 5.41) is 9.26. The van der Waals surface area contributed by atoms with Crippen LogP contribution < -0.4 is 4.90 Å². The van der Waals surface area contributed by atoms with Crippen molar-refractivity contribution < 1.29 is 14.3 Å². The van der Waals surface area contributed by atoms with Gasteiger partial charge in [0.05, 0.1) is 5.92 Å². The molecular formula is C18H23N3O3. The van der Waals surface area contributed by atoms with E-state index < -0.39 is 5.97 Å². The van der Waals surface area contributed by atoms with Crippen LogP contribution in [0.4, 0.5) is 6.01 Å². The number of para-hydroxylation sites is 2. The van der Waals surface area contributed by atoms with Crippen LogP contribution in [0.15, 0.2) is 28.7 Å². The monoisotopic (exact) mass is 329 g/mol. The number of benzene rings is 1. The van der Waals surface area contributed by atoms with E-state index in [9.17, 15) is 9.90 Å². The molecule has 1 aromatic heterocycles. The van der Waals surface area contributed by atoms with Gasteiger partial charge in [-0.3, -0.25) is 9.69 Å². The van der Waals surface area contributed by atoms with Crippen molar-refractivity contribution in [3.05, 3.63) is 24.3 Å². The van der Waals surface area contributed by atoms with Gasteiger partial charge in [0.15, 0.2) is 5.58 Å². The first-order valence-corrected chi connectivity index (χ1v) is 8.78. The third kappa shape index (κ3) is 2.98. The average molecular weight is 329 g/mol. The molecule has 6 heteroatoms. The number of rotatable bonds is 3. The maximum atomic E-state index is 11.2. The van der Waals surface area contributed by atoms with Gasteiger partial charge in [-0.1, -0.05) is 12.1 Å². The van der Waals surface area contributed by atoms with E-state index in [0.29, 0.717) is 18.6 Å². The van der Waals surface area contributed by atoms with Crippen LogP contribution in [0.25, 0.3) is 11.1 Å². The van der Waals surface area contributed by atoms with Gasteiger partial charge in [0.2, 0.25) is 0 Å². The molecule has 0 bridgehead atoms. The first-order valence-electron chi connectivity index (χ1n) is 8.78. The number of aliphatic carboxylic acids is 1. The number of hydrogen-bond acceptors (Lipinski definition) is 5. The zero-order chi connectivity index (χ0) is 16.5. The molecular weight excluding hydrogens is 306 g/mol. The molecule has 1 aromatic carbocycles. The van der Waals surface area contributed by atoms with E-state index in [-0.39, 0.29) is 5.92 Å². The number of carbonyl (C=O) groups is 1. The third-order valence-corrected chi connectivity index (χ3v) is 5.34. The highest BCUT2D eigenvalue weighted by molar-refractivity contribution is 5.74. The molecule has 0 aliphatic carbocycles. The molecule has 3 heterocycles. The van der Waals surface area contributed by atoms with E-state index in [2.05, 4.69) is 14.8 Å². The predicted molar refractivity (Wildman–Crippen MR) is 91.2 cm³/mol. The molecule has 2 aromatic rings. The summed E-state index contributed by atoms with van der Waals surface area (Å²) < 4.78 is 5.86. The maximum Gasteiger partial charge on any atom is 0.307 e. The summed E-state index contributed by atoms with van der Waals surface area (Å²) in [5.74, 6) is -0.850. The van der Waals surface area contributed by atoms with Crippen molar-refractivity contribution in [2.45, 2.75) is 31.7 Å². The van der Waals surface area contributed by atoms with E-state index in [1.807, 2.05) is 24.3 Å². The lowest BCUT2D eigenvalue weighted by atomic mass is 9.94. The van der Waals surface area contributed by atoms with Gasteiger partial charge in [0.25, 0.3) is 6.01 Å². The third-order valence-electron chi connectivity index (χ3n) is 5.34. The number of piperidine rings is 2. The van der Waals surface area contributed by atoms with Crippen LogP contribution in [0.3, 0.4) is 0 Å². The Kier molecular flexibility index (Phi) is 4.14. The lowest BCUT2D eigenvalue weighted by Crippen LogP contribution is -2.49. The molecule has 24 heavy (non-hydrogen) atoms. The highest BCUT2D eigenvalue weighted by Gasteiger charge is 2.32. The molecule has 1 atom stereocenters. The van der Waals surface area contributed by atoms with Crippen LogP contribution in [0.2, 0.25) is 0 Å². The topological polar surface area (TPSA) is 69.8 Å². The molecule has 0 saturated carbocycles. The van der Waals surface area contributed by atoms with Gasteiger partial charge < -0.3 is 14.4 Å². The zero-order valence-electron chi connectivity index (χ0n) is 13.7. The minimum Gasteiger partial charge on any atom is -0.481 e. The Labute approximate surface area is 141 Å². The summed E-state index contributed by atoms with van der Waals surface area (Å²) in [4.78, 5) is 20.4. The quantitative estimate of drug-likeness (QED) is 0.933. The fourth-order valence-electron chi connectivity index (χ4n) is 3.96. The number of nitrogens with zero attached hydrogens (tertiary/aromatic N) is 3. The summed E-state index contributed by atoms with van der Waals surface area (Å²) in [6, 6.07) is 9.02. The molecule has 1 N–H and O–H groups in total. The zero-order valence-corrected chi connectivity index (χ0v) is 13.7. The summed E-state index contributed by atoms with van der Waals surface area (Å²) in [6.07, 6.45) is 3.87. The lowest BCUT2D eigenvalue weighted by Gasteiger charge is -2.41. The van der Waals surface area contributed by atoms with Crippen molar-refractivity contribution in [2.75, 3.05) is 31.1 Å². The fraction of sp³-hybridized carbons (Fsp3) is 0.556. The standard InChI is InChI=1S/C18H23N3O3/c22-17(23)13-4-3-9-21(12-13)14-7-10-20(11-8-14)18-19-15-5-1-2-6-16(15)24-18/h1-2,5-6,13-14H,3-4,7-12H2,(H,22,23)/t13-/m0/s1. The lowest BCUT2D eigenvalue weighted by molar-refractivity contribution is -0.144. The molecule has 0 radical (unpaired) electrons. The van der Waals surface area contributed by atoms with Crippen molar-refractivity contribution in [3.8, 4) is 0 Å². The van der Waals surface area contributed by atoms with Gasteiger partial charge in [0.1, 0.15) is 5.52 Å². The van der Waals surface area contributed by atoms with Crippen molar-refractivity contribution >= 4 is 23.1 Å². The number of likely N-dealkylation sites (tertiary alicyclic amines) is 1. The highest BCUT2D eigenvalue weighted by Crippen LogP contribution is 2.28. The molecule has 2 aliphatic rings. The summed E-state index contributed by atoms with van der Waals surface area (Å²) in [7, 11) is 0. The van der Waals surface area contributed by atoms with Crippen LogP contribution in [0, 0.1) is 5.92 Å². The molecule has 4 rings (SSSR count). The minimum atomic E-state index is -0.649. The molecule has 0 unspecified atom stereocenters. The Morgan fingerprint density at radius 1 is 1.17 bits per heavy atom. The fourth-order valence-corrected chi connectivity index (χ4v) is 3.96. The first-order chi connectivity index (χ1) is 11.7. The maximum absolute atomic E-state index is 11.2. The van der Waals surface area contributed by atoms with Crippen LogP contribution >= 0.6 is 0 Å². The second-order valence-corrected chi connectivity index (χ2v) is 6.85. The van der Waals surface area contributed by atoms with E-state index >= 15 is 0 Å². The van der Waals surface area contributed by atoms with E-state index in [1.54, 1.807) is 0 Å². The van der Waals surface area contributed by atoms with E-state index in [0.717, 1.165) is 56.4 Å². The largest absolute Gasteiger partial charge is 0.481 e. The normalized spacial score (nSPS) is 23.7. The number of aromatic nitrogens is 1. The number of carboxylic acid groups (broad SMARTS) is 1. The Morgan fingerprint density at radius 2 is 1.96 bits per heavy atom. The average Bonchev–Trinajstić information content (AvgIpc) is 3.06. The highest BCUT2D eigenvalue weighted by atomic mass is 16.4. The summed E-state index contributed by atoms with van der Waals surface area (Å²) in [6.45, 7) is 3.54. The summed E-state index contributed by atoms with van der Waals surface area (Å²) in [5.41, 5.74) is 1.73. The predicted octanol–water partition coefficient (Wildman–Crippen LogP) is 2.59. The molecule has 0 spiro atoms. The first kappa shape index (κ1) is 15.4. The molecule has 2 saturated heterocycles. The van der Waals surface area contributed by atoms with E-state index in [1.165, 1.54) is 0 Å². The Hall–Kier alpha value is -2.08. The van der Waals surface area contributed by atoms with Crippen molar-refractivity contribution in [2.24, 2.45) is 5.92 Å². The van der Waals surface area contributed by atoms with Crippen molar-refractivity contribution in [1.82, 2.24) is 9.88 Å². The number of carboxylic acids is 1. The number of anilines is 1. The van der Waals surface area contributed by atoms with Gasteiger partial charge in [-0.05, 0) is 44.4 Å². The summed E-state index contributed by atoms with van der Waals surface area (Å²) >= 11 is 0. The van der Waals surface area contributed by atoms with Crippen LogP contribution in [-0.4, -0.2) is 53.2 Å². The molecule has 2 aliphatic heterocycles. The second-order valence-electron chi connectivity index (χ2n) is 6.85. The van der Waals surface area contributed by atoms with Crippen LogP contribution in [0.1, 0.15) is 25.7 Å². The van der Waals surface area contributed by atoms with Crippen molar-refractivity contribution in [3.63, 3.8) is 0 Å². The molecule has 2 fully saturated rings. The van der Waals surface area contributed by atoms with Gasteiger partial charge in [-0.15, -0.1) is 0 Å².